The van der Waals surface area contributed by atoms with E-state index in [2.05, 4.69) is 5.32 Å². The Hall–Kier alpha value is -3.33. The lowest BCUT2D eigenvalue weighted by atomic mass is 10.1. The zero-order chi connectivity index (χ0) is 23.8. The topological polar surface area (TPSA) is 111 Å². The van der Waals surface area contributed by atoms with Crippen molar-refractivity contribution in [1.82, 2.24) is 10.2 Å². The average molecular weight is 464 g/mol. The molecule has 0 aliphatic rings. The number of benzene rings is 2. The van der Waals surface area contributed by atoms with Gasteiger partial charge in [0.2, 0.25) is 11.7 Å². The highest BCUT2D eigenvalue weighted by atomic mass is 35.5. The van der Waals surface area contributed by atoms with Crippen molar-refractivity contribution in [3.63, 3.8) is 0 Å². The molecule has 2 amide bonds. The predicted octanol–water partition coefficient (Wildman–Crippen LogP) is 3.58. The lowest BCUT2D eigenvalue weighted by molar-refractivity contribution is -0.385. The minimum Gasteiger partial charge on any atom is -0.490 e. The van der Waals surface area contributed by atoms with E-state index in [9.17, 15) is 19.7 Å². The van der Waals surface area contributed by atoms with Crippen molar-refractivity contribution in [3.8, 4) is 11.5 Å². The van der Waals surface area contributed by atoms with Crippen molar-refractivity contribution >= 4 is 29.1 Å². The summed E-state index contributed by atoms with van der Waals surface area (Å²) in [5.41, 5.74) is 0.541. The summed E-state index contributed by atoms with van der Waals surface area (Å²) in [6.07, 6.45) is 0. The summed E-state index contributed by atoms with van der Waals surface area (Å²) >= 11 is 6.06. The van der Waals surface area contributed by atoms with Gasteiger partial charge in [-0.1, -0.05) is 23.7 Å². The van der Waals surface area contributed by atoms with Crippen LogP contribution in [0, 0.1) is 10.1 Å². The van der Waals surface area contributed by atoms with Gasteiger partial charge in [-0.15, -0.1) is 0 Å². The highest BCUT2D eigenvalue weighted by molar-refractivity contribution is 6.30. The van der Waals surface area contributed by atoms with Crippen LogP contribution in [0.25, 0.3) is 0 Å². The number of nitrogens with one attached hydrogen (secondary N) is 1. The first kappa shape index (κ1) is 24.9. The lowest BCUT2D eigenvalue weighted by Gasteiger charge is -2.29. The molecular formula is C22H26ClN3O6. The van der Waals surface area contributed by atoms with Crippen LogP contribution in [0.2, 0.25) is 5.02 Å². The lowest BCUT2D eigenvalue weighted by Crippen LogP contribution is -2.50. The Morgan fingerprint density at radius 1 is 1.19 bits per heavy atom. The van der Waals surface area contributed by atoms with Crippen LogP contribution < -0.4 is 14.8 Å². The third kappa shape index (κ3) is 6.84. The van der Waals surface area contributed by atoms with Gasteiger partial charge in [-0.2, -0.15) is 0 Å². The summed E-state index contributed by atoms with van der Waals surface area (Å²) in [7, 11) is 1.30. The van der Waals surface area contributed by atoms with E-state index in [-0.39, 0.29) is 42.3 Å². The van der Waals surface area contributed by atoms with Gasteiger partial charge in [-0.3, -0.25) is 19.7 Å². The largest absolute Gasteiger partial charge is 0.490 e. The van der Waals surface area contributed by atoms with E-state index in [1.165, 1.54) is 30.2 Å². The Kier molecular flexibility index (Phi) is 8.83. The molecule has 2 aromatic carbocycles. The number of hydrogen-bond acceptors (Lipinski definition) is 6. The number of carbonyl (C=O) groups excluding carboxylic acids is 2. The van der Waals surface area contributed by atoms with Crippen molar-refractivity contribution in [2.24, 2.45) is 0 Å². The maximum Gasteiger partial charge on any atom is 0.311 e. The first-order valence-corrected chi connectivity index (χ1v) is 10.3. The van der Waals surface area contributed by atoms with E-state index >= 15 is 0 Å². The van der Waals surface area contributed by atoms with Gasteiger partial charge in [0.15, 0.2) is 6.61 Å². The molecule has 0 bridgehead atoms. The number of methoxy groups -OCH3 is 1. The van der Waals surface area contributed by atoms with Crippen molar-refractivity contribution in [2.45, 2.75) is 39.4 Å². The van der Waals surface area contributed by atoms with Crippen LogP contribution in [-0.4, -0.2) is 47.4 Å². The minimum absolute atomic E-state index is 0.0143. The summed E-state index contributed by atoms with van der Waals surface area (Å²) in [5, 5.41) is 14.4. The van der Waals surface area contributed by atoms with Crippen LogP contribution in [0.5, 0.6) is 11.5 Å². The first-order valence-electron chi connectivity index (χ1n) is 9.92. The molecule has 1 unspecified atom stereocenters. The fourth-order valence-electron chi connectivity index (χ4n) is 2.95. The molecule has 2 aromatic rings. The summed E-state index contributed by atoms with van der Waals surface area (Å²) in [6.45, 7) is 5.08. The normalized spacial score (nSPS) is 11.6. The number of ether oxygens (including phenoxy) is 2. The van der Waals surface area contributed by atoms with Gasteiger partial charge in [0.1, 0.15) is 11.8 Å². The predicted molar refractivity (Wildman–Crippen MR) is 120 cm³/mol. The number of halogens is 1. The smallest absolute Gasteiger partial charge is 0.311 e. The van der Waals surface area contributed by atoms with Gasteiger partial charge in [0, 0.05) is 29.7 Å². The first-order chi connectivity index (χ1) is 15.1. The van der Waals surface area contributed by atoms with E-state index in [1.807, 2.05) is 13.8 Å². The number of hydrogen-bond donors (Lipinski definition) is 1. The minimum atomic E-state index is -0.765. The Labute approximate surface area is 191 Å². The number of nitro groups is 1. The molecule has 0 aromatic heterocycles. The Morgan fingerprint density at radius 2 is 1.91 bits per heavy atom. The van der Waals surface area contributed by atoms with E-state index in [4.69, 9.17) is 21.1 Å². The third-order valence-electron chi connectivity index (χ3n) is 4.55. The molecule has 0 fully saturated rings. The summed E-state index contributed by atoms with van der Waals surface area (Å²) in [5.74, 6) is -0.496. The molecule has 10 heteroatoms. The monoisotopic (exact) mass is 463 g/mol. The maximum absolute atomic E-state index is 13.0. The van der Waals surface area contributed by atoms with Gasteiger partial charge in [0.05, 0.1) is 12.0 Å². The van der Waals surface area contributed by atoms with Crippen LogP contribution in [0.4, 0.5) is 5.69 Å². The number of carbonyl (C=O) groups is 2. The SMILES string of the molecule is COc1cc(OCC(=O)N(Cc2cccc(Cl)c2)C(C)C(=O)NC(C)C)ccc1[N+](=O)[O-]. The second-order valence-corrected chi connectivity index (χ2v) is 7.81. The molecule has 172 valence electrons. The molecular weight excluding hydrogens is 438 g/mol. The van der Waals surface area contributed by atoms with Crippen molar-refractivity contribution in [3.05, 3.63) is 63.2 Å². The molecule has 1 N–H and O–H groups in total. The molecule has 0 heterocycles. The number of amides is 2. The zero-order valence-electron chi connectivity index (χ0n) is 18.3. The molecule has 0 radical (unpaired) electrons. The van der Waals surface area contributed by atoms with Crippen LogP contribution in [0.1, 0.15) is 26.3 Å². The Morgan fingerprint density at radius 3 is 2.50 bits per heavy atom. The van der Waals surface area contributed by atoms with Crippen LogP contribution in [-0.2, 0) is 16.1 Å². The zero-order valence-corrected chi connectivity index (χ0v) is 19.1. The van der Waals surface area contributed by atoms with Crippen molar-refractivity contribution < 1.29 is 24.0 Å². The molecule has 1 atom stereocenters. The molecule has 0 saturated carbocycles. The van der Waals surface area contributed by atoms with Gasteiger partial charge >= 0.3 is 5.69 Å². The second kappa shape index (κ2) is 11.3. The van der Waals surface area contributed by atoms with Crippen LogP contribution in [0.15, 0.2) is 42.5 Å². The summed E-state index contributed by atoms with van der Waals surface area (Å²) in [6, 6.07) is 10.1. The van der Waals surface area contributed by atoms with Gasteiger partial charge in [0.25, 0.3) is 5.91 Å². The van der Waals surface area contributed by atoms with Gasteiger partial charge in [-0.25, -0.2) is 0 Å². The third-order valence-corrected chi connectivity index (χ3v) is 4.79. The average Bonchev–Trinajstić information content (AvgIpc) is 2.74. The Balaban J connectivity index is 2.20. The summed E-state index contributed by atoms with van der Waals surface area (Å²) in [4.78, 5) is 37.4. The fourth-order valence-corrected chi connectivity index (χ4v) is 3.16. The van der Waals surface area contributed by atoms with Crippen LogP contribution >= 0.6 is 11.6 Å². The van der Waals surface area contributed by atoms with Crippen molar-refractivity contribution in [1.29, 1.82) is 0 Å². The maximum atomic E-state index is 13.0. The van der Waals surface area contributed by atoms with E-state index < -0.39 is 16.9 Å². The fraction of sp³-hybridized carbons (Fsp3) is 0.364. The molecule has 0 aliphatic heterocycles. The van der Waals surface area contributed by atoms with E-state index in [0.29, 0.717) is 5.02 Å². The summed E-state index contributed by atoms with van der Waals surface area (Å²) < 4.78 is 10.6. The molecule has 0 spiro atoms. The number of nitrogens with zero attached hydrogens (tertiary/aromatic N) is 2. The quantitative estimate of drug-likeness (QED) is 0.426. The number of nitro benzene ring substituents is 1. The molecule has 2 rings (SSSR count). The molecule has 9 nitrogen and oxygen atoms in total. The highest BCUT2D eigenvalue weighted by Crippen LogP contribution is 2.30. The highest BCUT2D eigenvalue weighted by Gasteiger charge is 2.27. The number of rotatable bonds is 10. The second-order valence-electron chi connectivity index (χ2n) is 7.37. The van der Waals surface area contributed by atoms with Gasteiger partial charge < -0.3 is 19.7 Å². The molecule has 0 saturated heterocycles. The van der Waals surface area contributed by atoms with Crippen molar-refractivity contribution in [2.75, 3.05) is 13.7 Å². The standard InChI is InChI=1S/C22H26ClN3O6/c1-14(2)24-22(28)15(3)25(12-16-6-5-7-17(23)10-16)21(27)13-32-18-8-9-19(26(29)30)20(11-18)31-4/h5-11,14-15H,12-13H2,1-4H3,(H,24,28). The van der Waals surface area contributed by atoms with Gasteiger partial charge in [-0.05, 0) is 44.5 Å². The Bertz CT molecular complexity index is 982. The van der Waals surface area contributed by atoms with Crippen LogP contribution in [0.3, 0.4) is 0 Å². The molecule has 32 heavy (non-hydrogen) atoms. The molecule has 0 aliphatic carbocycles. The van der Waals surface area contributed by atoms with E-state index in [1.54, 1.807) is 31.2 Å². The van der Waals surface area contributed by atoms with E-state index in [0.717, 1.165) is 5.56 Å².